The smallest absolute Gasteiger partial charge is 0.243 e. The number of methoxy groups -OCH3 is 1. The Labute approximate surface area is 282 Å². The van der Waals surface area contributed by atoms with E-state index in [4.69, 9.17) is 9.47 Å². The Morgan fingerprint density at radius 3 is 2.27 bits per heavy atom. The molecule has 3 heterocycles. The van der Waals surface area contributed by atoms with Gasteiger partial charge in [-0.1, -0.05) is 36.1 Å². The van der Waals surface area contributed by atoms with E-state index in [0.29, 0.717) is 26.1 Å². The summed E-state index contributed by atoms with van der Waals surface area (Å²) in [6.07, 6.45) is 1.02. The van der Waals surface area contributed by atoms with Gasteiger partial charge in [0.15, 0.2) is 0 Å². The highest BCUT2D eigenvalue weighted by molar-refractivity contribution is 5.90. The molecule has 1 aliphatic carbocycles. The number of ether oxygens (including phenoxy) is 2. The average molecular weight is 660 g/mol. The highest BCUT2D eigenvalue weighted by atomic mass is 19.1. The van der Waals surface area contributed by atoms with Gasteiger partial charge in [0.25, 0.3) is 0 Å². The molecule has 4 atom stereocenters. The van der Waals surface area contributed by atoms with Crippen molar-refractivity contribution in [2.45, 2.75) is 63.1 Å². The molecule has 11 heteroatoms. The van der Waals surface area contributed by atoms with Crippen molar-refractivity contribution in [1.82, 2.24) is 25.3 Å². The molecule has 4 aliphatic rings. The third-order valence-electron chi connectivity index (χ3n) is 9.66. The predicted molar refractivity (Wildman–Crippen MR) is 178 cm³/mol. The number of amides is 3. The van der Waals surface area contributed by atoms with E-state index in [-0.39, 0.29) is 49.2 Å². The van der Waals surface area contributed by atoms with Crippen molar-refractivity contribution in [2.75, 3.05) is 59.7 Å². The Morgan fingerprint density at radius 2 is 1.67 bits per heavy atom. The average Bonchev–Trinajstić information content (AvgIpc) is 3.73. The minimum atomic E-state index is -1.07. The van der Waals surface area contributed by atoms with Gasteiger partial charge in [-0.3, -0.25) is 19.3 Å². The molecule has 0 bridgehead atoms. The fourth-order valence-electron chi connectivity index (χ4n) is 6.71. The van der Waals surface area contributed by atoms with Crippen LogP contribution in [0.15, 0.2) is 48.5 Å². The van der Waals surface area contributed by atoms with Gasteiger partial charge in [-0.25, -0.2) is 4.39 Å². The summed E-state index contributed by atoms with van der Waals surface area (Å²) in [6.45, 7) is 5.75. The normalized spacial score (nSPS) is 24.2. The summed E-state index contributed by atoms with van der Waals surface area (Å²) in [4.78, 5) is 46.0. The minimum Gasteiger partial charge on any atom is -0.383 e. The largest absolute Gasteiger partial charge is 0.383 e. The lowest BCUT2D eigenvalue weighted by atomic mass is 10.1. The summed E-state index contributed by atoms with van der Waals surface area (Å²) < 4.78 is 24.6. The van der Waals surface area contributed by atoms with Crippen molar-refractivity contribution in [1.29, 1.82) is 0 Å². The molecule has 2 aromatic carbocycles. The number of carbonyl (C=O) groups is 3. The Kier molecular flexibility index (Phi) is 11.4. The SMILES string of the molecule is COCCN(C(=O)[C@@H]1C[C@H](F)CN1)[C@@H]1C[C@H](C(=O)NCc2ccc(C#Cc3ccc(CN4CCOCC4)cc3)cc2)N(C(=O)C2CC2)C1. The molecule has 48 heavy (non-hydrogen) atoms. The van der Waals surface area contributed by atoms with E-state index in [0.717, 1.165) is 62.4 Å². The van der Waals surface area contributed by atoms with Crippen LogP contribution in [0.3, 0.4) is 0 Å². The number of hydrogen-bond acceptors (Lipinski definition) is 7. The molecule has 2 aromatic rings. The summed E-state index contributed by atoms with van der Waals surface area (Å²) >= 11 is 0. The molecule has 0 spiro atoms. The van der Waals surface area contributed by atoms with E-state index in [1.807, 2.05) is 24.3 Å². The molecule has 0 aromatic heterocycles. The first kappa shape index (κ1) is 34.1. The Morgan fingerprint density at radius 1 is 1.00 bits per heavy atom. The molecule has 1 saturated carbocycles. The molecular formula is C37H46FN5O5. The maximum atomic E-state index is 13.9. The first-order valence-corrected chi connectivity index (χ1v) is 17.1. The number of nitrogens with zero attached hydrogens (tertiary/aromatic N) is 3. The second-order valence-electron chi connectivity index (χ2n) is 13.2. The second-order valence-corrected chi connectivity index (χ2v) is 13.2. The van der Waals surface area contributed by atoms with Gasteiger partial charge in [0.1, 0.15) is 12.2 Å². The van der Waals surface area contributed by atoms with E-state index < -0.39 is 18.3 Å². The summed E-state index contributed by atoms with van der Waals surface area (Å²) in [6, 6.07) is 14.5. The third kappa shape index (κ3) is 8.80. The summed E-state index contributed by atoms with van der Waals surface area (Å²) in [7, 11) is 1.56. The van der Waals surface area contributed by atoms with Gasteiger partial charge in [-0.05, 0) is 54.7 Å². The molecule has 3 aliphatic heterocycles. The number of rotatable bonds is 11. The van der Waals surface area contributed by atoms with Crippen molar-refractivity contribution >= 4 is 17.7 Å². The highest BCUT2D eigenvalue weighted by Crippen LogP contribution is 2.35. The van der Waals surface area contributed by atoms with Crippen molar-refractivity contribution in [3.05, 3.63) is 70.8 Å². The van der Waals surface area contributed by atoms with Crippen LogP contribution in [0.1, 0.15) is 47.9 Å². The van der Waals surface area contributed by atoms with E-state index in [9.17, 15) is 18.8 Å². The topological polar surface area (TPSA) is 103 Å². The van der Waals surface area contributed by atoms with Gasteiger partial charge in [-0.2, -0.15) is 0 Å². The van der Waals surface area contributed by atoms with Gasteiger partial charge in [-0.15, -0.1) is 0 Å². The predicted octanol–water partition coefficient (Wildman–Crippen LogP) is 2.09. The molecule has 6 rings (SSSR count). The van der Waals surface area contributed by atoms with Crippen LogP contribution in [-0.2, 0) is 36.9 Å². The number of morpholine rings is 1. The van der Waals surface area contributed by atoms with Gasteiger partial charge < -0.3 is 29.9 Å². The Hall–Kier alpha value is -3.82. The van der Waals surface area contributed by atoms with E-state index in [2.05, 4.69) is 51.6 Å². The molecule has 256 valence electrons. The van der Waals surface area contributed by atoms with Crippen LogP contribution in [-0.4, -0.2) is 116 Å². The van der Waals surface area contributed by atoms with Crippen LogP contribution in [0.2, 0.25) is 0 Å². The molecular weight excluding hydrogens is 613 g/mol. The first-order chi connectivity index (χ1) is 23.4. The molecule has 0 unspecified atom stereocenters. The Balaban J connectivity index is 1.05. The number of halogens is 1. The molecule has 4 fully saturated rings. The Bertz CT molecular complexity index is 1480. The van der Waals surface area contributed by atoms with E-state index >= 15 is 0 Å². The molecule has 10 nitrogen and oxygen atoms in total. The minimum absolute atomic E-state index is 0.0331. The lowest BCUT2D eigenvalue weighted by Gasteiger charge is -2.31. The lowest BCUT2D eigenvalue weighted by molar-refractivity contribution is -0.140. The van der Waals surface area contributed by atoms with Crippen LogP contribution in [0.25, 0.3) is 0 Å². The number of likely N-dealkylation sites (tertiary alicyclic amines) is 1. The van der Waals surface area contributed by atoms with Crippen LogP contribution in [0.4, 0.5) is 4.39 Å². The highest BCUT2D eigenvalue weighted by Gasteiger charge is 2.47. The van der Waals surface area contributed by atoms with Gasteiger partial charge in [0.2, 0.25) is 17.7 Å². The van der Waals surface area contributed by atoms with Gasteiger partial charge in [0.05, 0.1) is 31.9 Å². The van der Waals surface area contributed by atoms with Crippen LogP contribution >= 0.6 is 0 Å². The zero-order chi connectivity index (χ0) is 33.5. The second kappa shape index (κ2) is 16.1. The van der Waals surface area contributed by atoms with Crippen molar-refractivity contribution in [3.8, 4) is 11.8 Å². The number of alkyl halides is 1. The van der Waals surface area contributed by atoms with E-state index in [1.54, 1.807) is 16.9 Å². The zero-order valence-corrected chi connectivity index (χ0v) is 27.7. The molecule has 3 saturated heterocycles. The number of hydrogen-bond donors (Lipinski definition) is 2. The number of carbonyl (C=O) groups excluding carboxylic acids is 3. The monoisotopic (exact) mass is 659 g/mol. The molecule has 0 radical (unpaired) electrons. The van der Waals surface area contributed by atoms with Crippen LogP contribution < -0.4 is 10.6 Å². The van der Waals surface area contributed by atoms with Crippen molar-refractivity contribution in [2.24, 2.45) is 5.92 Å². The number of benzene rings is 2. The third-order valence-corrected chi connectivity index (χ3v) is 9.66. The fourth-order valence-corrected chi connectivity index (χ4v) is 6.71. The standard InChI is InChI=1S/C37H46FN5O5/c1-47-17-16-42(37(46)33-20-31(38)23-39-33)32-21-34(43(25-32)36(45)30-12-13-30)35(44)40-22-28-8-4-26(5-9-28)2-3-27-6-10-29(11-7-27)24-41-14-18-48-19-15-41/h4-11,30-34,39H,12-25H2,1H3,(H,40,44)/t31-,32+,33-,34+/m0/s1. The van der Waals surface area contributed by atoms with Crippen molar-refractivity contribution < 1.29 is 28.2 Å². The quantitative estimate of drug-likeness (QED) is 0.357. The first-order valence-electron chi connectivity index (χ1n) is 17.1. The van der Waals surface area contributed by atoms with Crippen LogP contribution in [0, 0.1) is 17.8 Å². The summed E-state index contributed by atoms with van der Waals surface area (Å²) in [5, 5.41) is 6.00. The summed E-state index contributed by atoms with van der Waals surface area (Å²) in [5.41, 5.74) is 4.00. The van der Waals surface area contributed by atoms with Crippen molar-refractivity contribution in [3.63, 3.8) is 0 Å². The summed E-state index contributed by atoms with van der Waals surface area (Å²) in [5.74, 6) is 5.91. The van der Waals surface area contributed by atoms with Gasteiger partial charge >= 0.3 is 0 Å². The zero-order valence-electron chi connectivity index (χ0n) is 27.7. The fraction of sp³-hybridized carbons (Fsp3) is 0.541. The van der Waals surface area contributed by atoms with Crippen LogP contribution in [0.5, 0.6) is 0 Å². The van der Waals surface area contributed by atoms with Gasteiger partial charge in [0, 0.05) is 76.4 Å². The van der Waals surface area contributed by atoms with E-state index in [1.165, 1.54) is 5.56 Å². The lowest BCUT2D eigenvalue weighted by Crippen LogP contribution is -2.50. The number of nitrogens with one attached hydrogen (secondary N) is 2. The molecule has 3 amide bonds. The maximum Gasteiger partial charge on any atom is 0.243 e. The maximum absolute atomic E-state index is 13.9. The molecule has 2 N–H and O–H groups in total.